The van der Waals surface area contributed by atoms with E-state index in [0.29, 0.717) is 13.0 Å². The van der Waals surface area contributed by atoms with E-state index < -0.39 is 16.1 Å². The average molecular weight is 359 g/mol. The van der Waals surface area contributed by atoms with Gasteiger partial charge in [-0.05, 0) is 30.7 Å². The second-order valence-corrected chi connectivity index (χ2v) is 4.68. The molecule has 0 spiro atoms. The van der Waals surface area contributed by atoms with E-state index in [2.05, 4.69) is 10.6 Å². The summed E-state index contributed by atoms with van der Waals surface area (Å²) < 4.78 is 32.0. The van der Waals surface area contributed by atoms with Crippen LogP contribution in [0.1, 0.15) is 5.56 Å². The van der Waals surface area contributed by atoms with Gasteiger partial charge in [0.25, 0.3) is 0 Å². The summed E-state index contributed by atoms with van der Waals surface area (Å²) in [6.45, 7) is 0.402. The molecule has 6 nitrogen and oxygen atoms in total. The van der Waals surface area contributed by atoms with Crippen LogP contribution in [-0.2, 0) is 36.0 Å². The minimum atomic E-state index is -4.39. The van der Waals surface area contributed by atoms with Crippen molar-refractivity contribution in [3.63, 3.8) is 0 Å². The molecule has 2 amide bonds. The number of benzene rings is 1. The fourth-order valence-electron chi connectivity index (χ4n) is 1.22. The third-order valence-electron chi connectivity index (χ3n) is 2.11. The first-order valence-corrected chi connectivity index (χ1v) is 6.27. The number of rotatable bonds is 4. The molecule has 1 N–H and O–H groups in total. The van der Waals surface area contributed by atoms with Gasteiger partial charge in [0.15, 0.2) is 6.03 Å². The smallest absolute Gasteiger partial charge is 0.152 e. The summed E-state index contributed by atoms with van der Waals surface area (Å²) in [5.74, 6) is 0. The van der Waals surface area contributed by atoms with Crippen molar-refractivity contribution < 1.29 is 37.2 Å². The van der Waals surface area contributed by atoms with Crippen molar-refractivity contribution in [2.75, 3.05) is 13.6 Å². The Labute approximate surface area is 119 Å². The molecule has 0 atom stereocenters. The Morgan fingerprint density at radius 1 is 1.33 bits per heavy atom. The van der Waals surface area contributed by atoms with Crippen LogP contribution >= 0.6 is 0 Å². The van der Waals surface area contributed by atoms with Crippen molar-refractivity contribution in [1.29, 1.82) is 0 Å². The summed E-state index contributed by atoms with van der Waals surface area (Å²) in [4.78, 5) is 10.5. The van der Waals surface area contributed by atoms with Crippen LogP contribution < -0.4 is 5.32 Å². The SMILES string of the molecule is C[N-]C(=O)NCCc1ccc(S(=O)(=O)[O-])cc1.[Rh]. The van der Waals surface area contributed by atoms with E-state index in [1.54, 1.807) is 12.1 Å². The standard InChI is InChI=1S/C10H14N2O4S.Rh/c1-11-10(13)12-7-6-8-2-4-9(5-3-8)17(14,15)16;/h2-5H,6-7H2,1H3,(H3,11,12,13,14,15,16);/p-2. The molecule has 0 bridgehead atoms. The van der Waals surface area contributed by atoms with E-state index in [0.717, 1.165) is 5.56 Å². The Morgan fingerprint density at radius 3 is 2.33 bits per heavy atom. The van der Waals surface area contributed by atoms with Crippen molar-refractivity contribution >= 4 is 16.1 Å². The second-order valence-electron chi connectivity index (χ2n) is 3.30. The maximum Gasteiger partial charge on any atom is 0.152 e. The molecule has 1 rings (SSSR count). The molecule has 0 saturated carbocycles. The van der Waals surface area contributed by atoms with E-state index >= 15 is 0 Å². The summed E-state index contributed by atoms with van der Waals surface area (Å²) in [7, 11) is -3.00. The van der Waals surface area contributed by atoms with E-state index in [4.69, 9.17) is 0 Å². The number of carbonyl (C=O) groups is 1. The maximum atomic E-state index is 10.8. The number of hydrogen-bond donors (Lipinski definition) is 1. The predicted octanol–water partition coefficient (Wildman–Crippen LogP) is 0.844. The molecular weight excluding hydrogens is 347 g/mol. The number of urea groups is 1. The quantitative estimate of drug-likeness (QED) is 0.636. The maximum absolute atomic E-state index is 10.8. The number of carbonyl (C=O) groups excluding carboxylic acids is 1. The van der Waals surface area contributed by atoms with Gasteiger partial charge in [-0.1, -0.05) is 19.2 Å². The number of nitrogens with zero attached hydrogens (tertiary/aromatic N) is 1. The average Bonchev–Trinajstić information content (AvgIpc) is 2.28. The van der Waals surface area contributed by atoms with Crippen molar-refractivity contribution in [1.82, 2.24) is 5.32 Å². The van der Waals surface area contributed by atoms with Gasteiger partial charge >= 0.3 is 0 Å². The fraction of sp³-hybridized carbons (Fsp3) is 0.300. The van der Waals surface area contributed by atoms with E-state index in [1.165, 1.54) is 19.2 Å². The van der Waals surface area contributed by atoms with Gasteiger partial charge in [0.1, 0.15) is 10.1 Å². The molecule has 1 aromatic carbocycles. The number of hydrogen-bond acceptors (Lipinski definition) is 4. The van der Waals surface area contributed by atoms with Gasteiger partial charge in [0.05, 0.1) is 4.90 Å². The largest absolute Gasteiger partial charge is 0.744 e. The normalized spacial score (nSPS) is 10.3. The molecule has 18 heavy (non-hydrogen) atoms. The van der Waals surface area contributed by atoms with Crippen molar-refractivity contribution in [3.05, 3.63) is 35.1 Å². The van der Waals surface area contributed by atoms with Gasteiger partial charge in [0.2, 0.25) is 0 Å². The van der Waals surface area contributed by atoms with Crippen molar-refractivity contribution in [2.24, 2.45) is 0 Å². The first-order chi connectivity index (χ1) is 7.93. The van der Waals surface area contributed by atoms with Crippen LogP contribution in [0.4, 0.5) is 4.79 Å². The first kappa shape index (κ1) is 17.0. The number of nitrogens with one attached hydrogen (secondary N) is 1. The van der Waals surface area contributed by atoms with Crippen LogP contribution in [-0.4, -0.2) is 32.6 Å². The van der Waals surface area contributed by atoms with E-state index in [9.17, 15) is 17.8 Å². The van der Waals surface area contributed by atoms with Gasteiger partial charge in [-0.15, -0.1) is 0 Å². The van der Waals surface area contributed by atoms with Gasteiger partial charge in [-0.25, -0.2) is 8.42 Å². The summed E-state index contributed by atoms with van der Waals surface area (Å²) in [6.07, 6.45) is 0.542. The molecule has 1 aromatic rings. The monoisotopic (exact) mass is 359 g/mol. The fourth-order valence-corrected chi connectivity index (χ4v) is 1.69. The molecule has 0 unspecified atom stereocenters. The third kappa shape index (κ3) is 5.57. The van der Waals surface area contributed by atoms with Crippen molar-refractivity contribution in [3.8, 4) is 0 Å². The van der Waals surface area contributed by atoms with Gasteiger partial charge in [-0.3, -0.25) is 4.79 Å². The van der Waals surface area contributed by atoms with Crippen LogP contribution in [0.2, 0.25) is 0 Å². The summed E-state index contributed by atoms with van der Waals surface area (Å²) in [6, 6.07) is 5.19. The molecule has 0 aliphatic heterocycles. The minimum absolute atomic E-state index is 0. The molecular formula is C10H12N2O4RhS-2. The van der Waals surface area contributed by atoms with Crippen molar-refractivity contribution in [2.45, 2.75) is 11.3 Å². The van der Waals surface area contributed by atoms with E-state index in [1.807, 2.05) is 0 Å². The summed E-state index contributed by atoms with van der Waals surface area (Å²) >= 11 is 0. The predicted molar refractivity (Wildman–Crippen MR) is 60.8 cm³/mol. The Hall–Kier alpha value is -0.977. The minimum Gasteiger partial charge on any atom is -0.744 e. The zero-order valence-corrected chi connectivity index (χ0v) is 12.0. The Kier molecular flexibility index (Phi) is 7.05. The number of amides is 2. The summed E-state index contributed by atoms with van der Waals surface area (Å²) in [5, 5.41) is 5.94. The first-order valence-electron chi connectivity index (χ1n) is 4.86. The molecule has 0 aliphatic rings. The second kappa shape index (κ2) is 7.46. The molecule has 8 heteroatoms. The zero-order chi connectivity index (χ0) is 12.9. The molecule has 0 aromatic heterocycles. The van der Waals surface area contributed by atoms with Crippen LogP contribution in [0, 0.1) is 0 Å². The van der Waals surface area contributed by atoms with Gasteiger partial charge < -0.3 is 15.2 Å². The molecule has 0 aliphatic carbocycles. The Morgan fingerprint density at radius 2 is 1.89 bits per heavy atom. The topological polar surface area (TPSA) is 100 Å². The molecule has 0 fully saturated rings. The van der Waals surface area contributed by atoms with Gasteiger partial charge in [0, 0.05) is 19.5 Å². The van der Waals surface area contributed by atoms with Gasteiger partial charge in [-0.2, -0.15) is 0 Å². The Bertz CT molecular complexity index is 487. The van der Waals surface area contributed by atoms with E-state index in [-0.39, 0.29) is 24.4 Å². The van der Waals surface area contributed by atoms with Crippen LogP contribution in [0.3, 0.4) is 0 Å². The third-order valence-corrected chi connectivity index (χ3v) is 2.95. The van der Waals surface area contributed by atoms with Crippen LogP contribution in [0.5, 0.6) is 0 Å². The Balaban J connectivity index is 0.00000289. The molecule has 103 valence electrons. The van der Waals surface area contributed by atoms with Crippen LogP contribution in [0.15, 0.2) is 29.2 Å². The zero-order valence-electron chi connectivity index (χ0n) is 9.55. The molecule has 0 heterocycles. The van der Waals surface area contributed by atoms with Crippen LogP contribution in [0.25, 0.3) is 5.32 Å². The summed E-state index contributed by atoms with van der Waals surface area (Å²) in [5.41, 5.74) is 0.828. The molecule has 0 saturated heterocycles. The molecule has 1 radical (unpaired) electrons.